The van der Waals surface area contributed by atoms with Gasteiger partial charge in [0, 0.05) is 25.2 Å². The molecule has 0 saturated carbocycles. The number of amides is 4. The van der Waals surface area contributed by atoms with Gasteiger partial charge in [-0.1, -0.05) is 61.9 Å². The quantitative estimate of drug-likeness (QED) is 0.0450. The number of esters is 1. The van der Waals surface area contributed by atoms with Crippen molar-refractivity contribution >= 4 is 45.5 Å². The molecule has 3 atom stereocenters. The number of nitrogens with one attached hydrogen (secondary N) is 4. The molecule has 1 heterocycles. The molecule has 1 saturated heterocycles. The standard InChI is InChI=1S/C39H48N6O11S/c1-26(2)35(37(48)40-24-34(46)56-30-18-16-29(17-19-30)45(51)52)43-36(47)33-13-9-23-44(33)38(49)32(42-39(50)55-25-28-10-5-4-6-11-28)12-7-8-22-41-57(53,54)31-20-14-27(3)15-21-31/h4-6,10-11,14-21,26,32-33,35,41H,7-9,12-13,22-25H2,1-3H3,(H,40,48)(H,42,50)(H,43,47)/t32-,33-,35-/m0/s1. The number of carbonyl (C=O) groups excluding carboxylic acids is 5. The Hall–Kier alpha value is -5.88. The minimum absolute atomic E-state index is 0.0412. The van der Waals surface area contributed by atoms with Gasteiger partial charge in [-0.25, -0.2) is 22.7 Å². The fourth-order valence-electron chi connectivity index (χ4n) is 6.01. The molecule has 4 N–H and O–H groups in total. The first kappa shape index (κ1) is 43.8. The molecular weight excluding hydrogens is 761 g/mol. The first-order valence-electron chi connectivity index (χ1n) is 18.5. The predicted octanol–water partition coefficient (Wildman–Crippen LogP) is 3.50. The second-order valence-corrected chi connectivity index (χ2v) is 15.6. The largest absolute Gasteiger partial charge is 0.445 e. The molecule has 18 heteroatoms. The lowest BCUT2D eigenvalue weighted by Gasteiger charge is -2.30. The van der Waals surface area contributed by atoms with Crippen molar-refractivity contribution in [3.05, 3.63) is 100 Å². The second kappa shape index (κ2) is 20.9. The molecule has 0 aromatic heterocycles. The smallest absolute Gasteiger partial charge is 0.408 e. The van der Waals surface area contributed by atoms with E-state index in [4.69, 9.17) is 9.47 Å². The van der Waals surface area contributed by atoms with Crippen LogP contribution in [0, 0.1) is 23.0 Å². The monoisotopic (exact) mass is 808 g/mol. The average molecular weight is 809 g/mol. The van der Waals surface area contributed by atoms with Crippen molar-refractivity contribution in [3.8, 4) is 5.75 Å². The van der Waals surface area contributed by atoms with E-state index in [0.717, 1.165) is 11.1 Å². The molecule has 57 heavy (non-hydrogen) atoms. The molecule has 0 unspecified atom stereocenters. The summed E-state index contributed by atoms with van der Waals surface area (Å²) in [6.45, 7) is 4.93. The Morgan fingerprint density at radius 2 is 1.61 bits per heavy atom. The summed E-state index contributed by atoms with van der Waals surface area (Å²) >= 11 is 0. The number of nitrogens with zero attached hydrogens (tertiary/aromatic N) is 2. The highest BCUT2D eigenvalue weighted by molar-refractivity contribution is 7.89. The van der Waals surface area contributed by atoms with E-state index in [9.17, 15) is 42.5 Å². The van der Waals surface area contributed by atoms with Gasteiger partial charge in [-0.3, -0.25) is 24.5 Å². The molecule has 306 valence electrons. The van der Waals surface area contributed by atoms with Gasteiger partial charge < -0.3 is 30.3 Å². The molecule has 1 fully saturated rings. The highest BCUT2D eigenvalue weighted by Gasteiger charge is 2.39. The van der Waals surface area contributed by atoms with Crippen LogP contribution in [0.25, 0.3) is 0 Å². The van der Waals surface area contributed by atoms with Crippen LogP contribution in [-0.4, -0.2) is 85.8 Å². The summed E-state index contributed by atoms with van der Waals surface area (Å²) in [5.74, 6) is -3.04. The van der Waals surface area contributed by atoms with E-state index in [1.54, 1.807) is 50.2 Å². The first-order valence-corrected chi connectivity index (χ1v) is 20.0. The van der Waals surface area contributed by atoms with Gasteiger partial charge in [-0.05, 0) is 74.8 Å². The number of hydrogen-bond acceptors (Lipinski definition) is 11. The van der Waals surface area contributed by atoms with Crippen molar-refractivity contribution in [3.63, 3.8) is 0 Å². The number of likely N-dealkylation sites (tertiary alicyclic amines) is 1. The predicted molar refractivity (Wildman–Crippen MR) is 207 cm³/mol. The van der Waals surface area contributed by atoms with E-state index in [1.165, 1.54) is 41.3 Å². The van der Waals surface area contributed by atoms with Crippen molar-refractivity contribution in [1.82, 2.24) is 25.6 Å². The van der Waals surface area contributed by atoms with Crippen LogP contribution in [0.5, 0.6) is 5.75 Å². The Morgan fingerprint density at radius 1 is 0.930 bits per heavy atom. The Morgan fingerprint density at radius 3 is 2.26 bits per heavy atom. The van der Waals surface area contributed by atoms with Crippen LogP contribution >= 0.6 is 0 Å². The van der Waals surface area contributed by atoms with Gasteiger partial charge in [0.25, 0.3) is 5.69 Å². The van der Waals surface area contributed by atoms with Crippen molar-refractivity contribution in [2.45, 2.75) is 82.5 Å². The number of unbranched alkanes of at least 4 members (excludes halogenated alkanes) is 1. The van der Waals surface area contributed by atoms with Gasteiger partial charge in [-0.15, -0.1) is 0 Å². The number of carbonyl (C=O) groups is 5. The highest BCUT2D eigenvalue weighted by Crippen LogP contribution is 2.22. The van der Waals surface area contributed by atoms with Crippen LogP contribution in [0.2, 0.25) is 0 Å². The first-order chi connectivity index (χ1) is 27.1. The van der Waals surface area contributed by atoms with Crippen LogP contribution in [0.3, 0.4) is 0 Å². The third-order valence-electron chi connectivity index (χ3n) is 9.12. The number of nitro benzene ring substituents is 1. The van der Waals surface area contributed by atoms with Crippen molar-refractivity contribution in [1.29, 1.82) is 0 Å². The number of alkyl carbamates (subject to hydrolysis) is 1. The number of aryl methyl sites for hydroxylation is 1. The number of sulfonamides is 1. The van der Waals surface area contributed by atoms with E-state index in [0.29, 0.717) is 19.3 Å². The fourth-order valence-corrected chi connectivity index (χ4v) is 7.08. The number of rotatable bonds is 19. The van der Waals surface area contributed by atoms with Gasteiger partial charge >= 0.3 is 12.1 Å². The summed E-state index contributed by atoms with van der Waals surface area (Å²) in [6.07, 6.45) is 0.704. The van der Waals surface area contributed by atoms with Crippen molar-refractivity contribution < 1.29 is 46.8 Å². The third-order valence-corrected chi connectivity index (χ3v) is 10.6. The summed E-state index contributed by atoms with van der Waals surface area (Å²) < 4.78 is 38.5. The van der Waals surface area contributed by atoms with Crippen LogP contribution < -0.4 is 25.4 Å². The molecule has 17 nitrogen and oxygen atoms in total. The molecular formula is C39H48N6O11S. The Labute approximate surface area is 331 Å². The van der Waals surface area contributed by atoms with E-state index >= 15 is 0 Å². The Bertz CT molecular complexity index is 1980. The molecule has 1 aliphatic rings. The normalized spacial score (nSPS) is 14.9. The summed E-state index contributed by atoms with van der Waals surface area (Å²) in [7, 11) is -3.75. The second-order valence-electron chi connectivity index (χ2n) is 13.8. The molecule has 0 bridgehead atoms. The number of non-ortho nitro benzene ring substituents is 1. The van der Waals surface area contributed by atoms with E-state index in [1.807, 2.05) is 13.0 Å². The minimum Gasteiger partial charge on any atom is -0.445 e. The van der Waals surface area contributed by atoms with Gasteiger partial charge in [0.1, 0.15) is 37.0 Å². The number of hydrogen-bond donors (Lipinski definition) is 4. The Balaban J connectivity index is 1.36. The molecule has 3 aromatic carbocycles. The number of ether oxygens (including phenoxy) is 2. The van der Waals surface area contributed by atoms with Crippen LogP contribution in [0.4, 0.5) is 10.5 Å². The lowest BCUT2D eigenvalue weighted by atomic mass is 10.0. The molecule has 3 aromatic rings. The highest BCUT2D eigenvalue weighted by atomic mass is 32.2. The minimum atomic E-state index is -3.75. The van der Waals surface area contributed by atoms with Gasteiger partial charge in [0.15, 0.2) is 0 Å². The van der Waals surface area contributed by atoms with Crippen LogP contribution in [0.1, 0.15) is 57.1 Å². The summed E-state index contributed by atoms with van der Waals surface area (Å²) in [5, 5.41) is 18.6. The van der Waals surface area contributed by atoms with Crippen molar-refractivity contribution in [2.75, 3.05) is 19.6 Å². The lowest BCUT2D eigenvalue weighted by Crippen LogP contribution is -2.57. The lowest BCUT2D eigenvalue weighted by molar-refractivity contribution is -0.384. The zero-order valence-corrected chi connectivity index (χ0v) is 32.8. The summed E-state index contributed by atoms with van der Waals surface area (Å²) in [4.78, 5) is 77.9. The molecule has 0 spiro atoms. The maximum Gasteiger partial charge on any atom is 0.408 e. The van der Waals surface area contributed by atoms with E-state index < -0.39 is 75.3 Å². The average Bonchev–Trinajstić information content (AvgIpc) is 3.68. The maximum atomic E-state index is 14.0. The molecule has 4 rings (SSSR count). The number of nitro groups is 1. The zero-order valence-electron chi connectivity index (χ0n) is 32.0. The van der Waals surface area contributed by atoms with Gasteiger partial charge in [0.05, 0.1) is 9.82 Å². The molecule has 0 aliphatic carbocycles. The van der Waals surface area contributed by atoms with Crippen LogP contribution in [0.15, 0.2) is 83.8 Å². The molecule has 0 radical (unpaired) electrons. The fraction of sp³-hybridized carbons (Fsp3) is 0.410. The molecule has 4 amide bonds. The maximum absolute atomic E-state index is 14.0. The van der Waals surface area contributed by atoms with Crippen LogP contribution in [-0.2, 0) is 40.5 Å². The van der Waals surface area contributed by atoms with Gasteiger partial charge in [0.2, 0.25) is 27.7 Å². The van der Waals surface area contributed by atoms with E-state index in [-0.39, 0.29) is 48.9 Å². The molecule has 1 aliphatic heterocycles. The topological polar surface area (TPSA) is 232 Å². The Kier molecular flexibility index (Phi) is 16.1. The summed E-state index contributed by atoms with van der Waals surface area (Å²) in [6, 6.07) is 17.0. The van der Waals surface area contributed by atoms with Gasteiger partial charge in [-0.2, -0.15) is 0 Å². The van der Waals surface area contributed by atoms with Crippen molar-refractivity contribution in [2.24, 2.45) is 5.92 Å². The third kappa shape index (κ3) is 13.4. The number of benzene rings is 3. The SMILES string of the molecule is Cc1ccc(S(=O)(=O)NCCCC[C@H](NC(=O)OCc2ccccc2)C(=O)N2CCC[C@H]2C(=O)N[C@H](C(=O)NCC(=O)Oc2ccc([N+](=O)[O-])cc2)C(C)C)cc1. The van der Waals surface area contributed by atoms with E-state index in [2.05, 4.69) is 20.7 Å². The zero-order chi connectivity index (χ0) is 41.5. The summed E-state index contributed by atoms with van der Waals surface area (Å²) in [5.41, 5.74) is 1.46.